The van der Waals surface area contributed by atoms with Gasteiger partial charge in [-0.2, -0.15) is 4.31 Å². The van der Waals surface area contributed by atoms with Crippen LogP contribution in [0.5, 0.6) is 5.75 Å². The molecular formula is C19H29NO4S. The monoisotopic (exact) mass is 367 g/mol. The largest absolute Gasteiger partial charge is 0.496 e. The van der Waals surface area contributed by atoms with Crippen LogP contribution in [0, 0.1) is 5.41 Å². The smallest absolute Gasteiger partial charge is 0.243 e. The molecule has 2 aliphatic rings. The van der Waals surface area contributed by atoms with Crippen molar-refractivity contribution in [3.05, 3.63) is 23.8 Å². The molecule has 1 saturated carbocycles. The number of hydrogen-bond acceptors (Lipinski definition) is 4. The molecule has 2 atom stereocenters. The van der Waals surface area contributed by atoms with Crippen molar-refractivity contribution in [2.24, 2.45) is 5.41 Å². The van der Waals surface area contributed by atoms with Crippen LogP contribution < -0.4 is 4.74 Å². The number of piperidine rings is 1. The number of sulfonamides is 1. The van der Waals surface area contributed by atoms with E-state index in [1.54, 1.807) is 36.7 Å². The van der Waals surface area contributed by atoms with E-state index in [1.165, 1.54) is 0 Å². The molecule has 0 radical (unpaired) electrons. The summed E-state index contributed by atoms with van der Waals surface area (Å²) in [5, 5.41) is 0. The molecule has 140 valence electrons. The SMILES string of the molecule is CCc1cc(S(=O)(=O)N2CCC[C@@]3(CCC[C@H]3OC)C2)ccc1OC. The Bertz CT molecular complexity index is 718. The third kappa shape index (κ3) is 3.32. The summed E-state index contributed by atoms with van der Waals surface area (Å²) in [7, 11) is -0.127. The molecule has 2 fully saturated rings. The second-order valence-corrected chi connectivity index (χ2v) is 9.19. The highest BCUT2D eigenvalue weighted by atomic mass is 32.2. The minimum Gasteiger partial charge on any atom is -0.496 e. The van der Waals surface area contributed by atoms with Gasteiger partial charge >= 0.3 is 0 Å². The predicted octanol–water partition coefficient (Wildman–Crippen LogP) is 3.23. The molecule has 1 aliphatic heterocycles. The van der Waals surface area contributed by atoms with E-state index in [9.17, 15) is 8.42 Å². The van der Waals surface area contributed by atoms with E-state index in [-0.39, 0.29) is 11.5 Å². The molecule has 1 saturated heterocycles. The standard InChI is InChI=1S/C19H29NO4S/c1-4-15-13-16(8-9-17(15)23-2)25(21,22)20-12-6-11-19(14-20)10-5-7-18(19)24-3/h8-9,13,18H,4-7,10-12,14H2,1-3H3/t18-,19+/m1/s1. The van der Waals surface area contributed by atoms with Gasteiger partial charge < -0.3 is 9.47 Å². The van der Waals surface area contributed by atoms with Gasteiger partial charge in [0.2, 0.25) is 10.0 Å². The fourth-order valence-electron chi connectivity index (χ4n) is 4.60. The molecule has 1 heterocycles. The average Bonchev–Trinajstić information content (AvgIpc) is 3.02. The lowest BCUT2D eigenvalue weighted by Gasteiger charge is -2.43. The Labute approximate surface area is 151 Å². The number of ether oxygens (including phenoxy) is 2. The average molecular weight is 368 g/mol. The maximum Gasteiger partial charge on any atom is 0.243 e. The zero-order chi connectivity index (χ0) is 18.1. The van der Waals surface area contributed by atoms with Crippen LogP contribution in [0.2, 0.25) is 0 Å². The summed E-state index contributed by atoms with van der Waals surface area (Å²) in [6.45, 7) is 3.17. The summed E-state index contributed by atoms with van der Waals surface area (Å²) in [5.41, 5.74) is 0.908. The van der Waals surface area contributed by atoms with Gasteiger partial charge in [0, 0.05) is 25.6 Å². The first-order chi connectivity index (χ1) is 12.0. The molecule has 1 aromatic carbocycles. The summed E-state index contributed by atoms with van der Waals surface area (Å²) in [6, 6.07) is 5.19. The Morgan fingerprint density at radius 2 is 2.00 bits per heavy atom. The van der Waals surface area contributed by atoms with Crippen LogP contribution in [0.3, 0.4) is 0 Å². The molecule has 0 amide bonds. The van der Waals surface area contributed by atoms with Gasteiger partial charge in [0.05, 0.1) is 18.1 Å². The molecule has 1 spiro atoms. The first-order valence-corrected chi connectivity index (χ1v) is 10.6. The summed E-state index contributed by atoms with van der Waals surface area (Å²) in [4.78, 5) is 0.370. The molecule has 0 aromatic heterocycles. The van der Waals surface area contributed by atoms with E-state index < -0.39 is 10.0 Å². The van der Waals surface area contributed by atoms with E-state index in [0.717, 1.165) is 49.8 Å². The fourth-order valence-corrected chi connectivity index (χ4v) is 6.23. The van der Waals surface area contributed by atoms with Crippen molar-refractivity contribution in [3.63, 3.8) is 0 Å². The maximum atomic E-state index is 13.2. The minimum absolute atomic E-state index is 0.0138. The van der Waals surface area contributed by atoms with Gasteiger partial charge in [0.1, 0.15) is 5.75 Å². The van der Waals surface area contributed by atoms with Gasteiger partial charge in [-0.3, -0.25) is 0 Å². The van der Waals surface area contributed by atoms with Crippen molar-refractivity contribution in [2.45, 2.75) is 56.4 Å². The van der Waals surface area contributed by atoms with Gasteiger partial charge in [-0.15, -0.1) is 0 Å². The summed E-state index contributed by atoms with van der Waals surface area (Å²) in [5.74, 6) is 0.742. The molecule has 5 nitrogen and oxygen atoms in total. The van der Waals surface area contributed by atoms with E-state index in [0.29, 0.717) is 18.0 Å². The third-order valence-electron chi connectivity index (χ3n) is 5.95. The Kier molecular flexibility index (Phi) is 5.42. The van der Waals surface area contributed by atoms with E-state index >= 15 is 0 Å². The number of nitrogens with zero attached hydrogens (tertiary/aromatic N) is 1. The van der Waals surface area contributed by atoms with Crippen LogP contribution in [0.4, 0.5) is 0 Å². The summed E-state index contributed by atoms with van der Waals surface area (Å²) in [6.07, 6.45) is 6.08. The Balaban J connectivity index is 1.89. The first kappa shape index (κ1) is 18.7. The van der Waals surface area contributed by atoms with E-state index in [4.69, 9.17) is 9.47 Å². The summed E-state index contributed by atoms with van der Waals surface area (Å²) >= 11 is 0. The normalized spacial score (nSPS) is 27.7. The van der Waals surface area contributed by atoms with Crippen molar-refractivity contribution in [2.75, 3.05) is 27.3 Å². The molecule has 0 N–H and O–H groups in total. The molecule has 0 unspecified atom stereocenters. The molecule has 3 rings (SSSR count). The Hall–Kier alpha value is -1.11. The van der Waals surface area contributed by atoms with Crippen molar-refractivity contribution in [3.8, 4) is 5.75 Å². The van der Waals surface area contributed by atoms with Crippen LogP contribution in [0.15, 0.2) is 23.1 Å². The minimum atomic E-state index is -3.49. The van der Waals surface area contributed by atoms with Crippen LogP contribution in [-0.2, 0) is 21.2 Å². The lowest BCUT2D eigenvalue weighted by Crippen LogP contribution is -2.49. The highest BCUT2D eigenvalue weighted by Crippen LogP contribution is 2.47. The van der Waals surface area contributed by atoms with Crippen molar-refractivity contribution >= 4 is 10.0 Å². The predicted molar refractivity (Wildman–Crippen MR) is 97.4 cm³/mol. The topological polar surface area (TPSA) is 55.8 Å². The van der Waals surface area contributed by atoms with E-state index in [2.05, 4.69) is 0 Å². The van der Waals surface area contributed by atoms with Gasteiger partial charge in [-0.1, -0.05) is 13.3 Å². The summed E-state index contributed by atoms with van der Waals surface area (Å²) < 4.78 is 39.2. The highest BCUT2D eigenvalue weighted by molar-refractivity contribution is 7.89. The van der Waals surface area contributed by atoms with Crippen molar-refractivity contribution in [1.29, 1.82) is 0 Å². The molecule has 0 bridgehead atoms. The Morgan fingerprint density at radius 3 is 2.68 bits per heavy atom. The lowest BCUT2D eigenvalue weighted by molar-refractivity contribution is -0.0184. The highest BCUT2D eigenvalue weighted by Gasteiger charge is 2.48. The molecule has 1 aromatic rings. The van der Waals surface area contributed by atoms with Crippen LogP contribution in [0.1, 0.15) is 44.6 Å². The fraction of sp³-hybridized carbons (Fsp3) is 0.684. The van der Waals surface area contributed by atoms with E-state index in [1.807, 2.05) is 6.92 Å². The zero-order valence-corrected chi connectivity index (χ0v) is 16.3. The third-order valence-corrected chi connectivity index (χ3v) is 7.79. The molecule has 1 aliphatic carbocycles. The second-order valence-electron chi connectivity index (χ2n) is 7.25. The quantitative estimate of drug-likeness (QED) is 0.802. The number of benzene rings is 1. The van der Waals surface area contributed by atoms with Gasteiger partial charge in [-0.25, -0.2) is 8.42 Å². The van der Waals surface area contributed by atoms with Crippen LogP contribution in [0.25, 0.3) is 0 Å². The first-order valence-electron chi connectivity index (χ1n) is 9.17. The molecule has 6 heteroatoms. The lowest BCUT2D eigenvalue weighted by atomic mass is 9.77. The maximum absolute atomic E-state index is 13.2. The number of rotatable bonds is 5. The van der Waals surface area contributed by atoms with Gasteiger partial charge in [0.15, 0.2) is 0 Å². The Morgan fingerprint density at radius 1 is 1.24 bits per heavy atom. The van der Waals surface area contributed by atoms with Crippen LogP contribution >= 0.6 is 0 Å². The second kappa shape index (κ2) is 7.25. The molecular weight excluding hydrogens is 338 g/mol. The zero-order valence-electron chi connectivity index (χ0n) is 15.5. The van der Waals surface area contributed by atoms with Crippen LogP contribution in [-0.4, -0.2) is 46.1 Å². The number of hydrogen-bond donors (Lipinski definition) is 0. The van der Waals surface area contributed by atoms with Gasteiger partial charge in [-0.05, 0) is 55.9 Å². The van der Waals surface area contributed by atoms with Gasteiger partial charge in [0.25, 0.3) is 0 Å². The van der Waals surface area contributed by atoms with Crippen molar-refractivity contribution in [1.82, 2.24) is 4.31 Å². The molecule has 25 heavy (non-hydrogen) atoms. The number of aryl methyl sites for hydroxylation is 1. The number of methoxy groups -OCH3 is 2. The van der Waals surface area contributed by atoms with Crippen molar-refractivity contribution < 1.29 is 17.9 Å².